The number of amidine groups is 2. The molecule has 5 aromatic rings. The summed E-state index contributed by atoms with van der Waals surface area (Å²) < 4.78 is 23.1. The second-order valence-electron chi connectivity index (χ2n) is 9.83. The fourth-order valence-corrected chi connectivity index (χ4v) is 5.48. The number of hydrogen-bond donors (Lipinski definition) is 1. The van der Waals surface area contributed by atoms with Crippen LogP contribution in [0.25, 0.3) is 5.69 Å². The molecule has 1 aromatic heterocycles. The summed E-state index contributed by atoms with van der Waals surface area (Å²) in [7, 11) is 0. The smallest absolute Gasteiger partial charge is 0.179 e. The molecule has 0 unspecified atom stereocenters. The molecule has 0 saturated heterocycles. The molecule has 3 heterocycles. The van der Waals surface area contributed by atoms with E-state index in [1.807, 2.05) is 110 Å². The summed E-state index contributed by atoms with van der Waals surface area (Å²) in [4.78, 5) is 12.3. The first-order valence-electron chi connectivity index (χ1n) is 13.6. The molecule has 0 bridgehead atoms. The molecular weight excluding hydrogens is 515 g/mol. The highest BCUT2D eigenvalue weighted by Crippen LogP contribution is 2.48. The van der Waals surface area contributed by atoms with Crippen molar-refractivity contribution in [3.05, 3.63) is 126 Å². The Labute approximate surface area is 237 Å². The normalized spacial score (nSPS) is 15.3. The van der Waals surface area contributed by atoms with Crippen molar-refractivity contribution in [3.63, 3.8) is 0 Å². The van der Waals surface area contributed by atoms with Crippen molar-refractivity contribution < 1.29 is 9.13 Å². The molecule has 1 atom stereocenters. The Morgan fingerprint density at radius 3 is 2.37 bits per heavy atom. The van der Waals surface area contributed by atoms with Gasteiger partial charge in [-0.05, 0) is 68.4 Å². The van der Waals surface area contributed by atoms with E-state index in [-0.39, 0.29) is 5.82 Å². The van der Waals surface area contributed by atoms with Crippen molar-refractivity contribution in [1.82, 2.24) is 9.78 Å². The lowest BCUT2D eigenvalue weighted by atomic mass is 9.93. The molecule has 1 N–H and O–H groups in total. The number of nitrogens with one attached hydrogen (secondary N) is 1. The van der Waals surface area contributed by atoms with Crippen LogP contribution in [0.3, 0.4) is 0 Å². The lowest BCUT2D eigenvalue weighted by molar-refractivity contribution is 0.340. The SMILES string of the molecule is CCOc1ccc(NC2=Nc3ccccc3N3C2=Nc2c(c(C)nn2-c2ccccc2)[C@H]3c2ccccc2F)cc1. The summed E-state index contributed by atoms with van der Waals surface area (Å²) in [5, 5.41) is 8.38. The van der Waals surface area contributed by atoms with E-state index >= 15 is 4.39 Å². The Hall–Kier alpha value is -5.24. The van der Waals surface area contributed by atoms with E-state index < -0.39 is 6.04 Å². The van der Waals surface area contributed by atoms with E-state index in [4.69, 9.17) is 19.8 Å². The van der Waals surface area contributed by atoms with Gasteiger partial charge in [0.1, 0.15) is 11.6 Å². The number of aromatic nitrogens is 2. The molecule has 7 rings (SSSR count). The summed E-state index contributed by atoms with van der Waals surface area (Å²) >= 11 is 0. The number of aryl methyl sites for hydroxylation is 1. The van der Waals surface area contributed by atoms with Gasteiger partial charge in [-0.25, -0.2) is 19.1 Å². The topological polar surface area (TPSA) is 67.0 Å². The maximum atomic E-state index is 15.7. The Morgan fingerprint density at radius 1 is 0.854 bits per heavy atom. The van der Waals surface area contributed by atoms with Crippen LogP contribution in [0, 0.1) is 12.7 Å². The minimum Gasteiger partial charge on any atom is -0.494 e. The molecule has 4 aromatic carbocycles. The van der Waals surface area contributed by atoms with Crippen LogP contribution in [0.2, 0.25) is 0 Å². The summed E-state index contributed by atoms with van der Waals surface area (Å²) in [6.45, 7) is 4.50. The molecule has 2 aliphatic rings. The summed E-state index contributed by atoms with van der Waals surface area (Å²) in [5.41, 5.74) is 5.47. The van der Waals surface area contributed by atoms with E-state index in [2.05, 4.69) is 10.2 Å². The van der Waals surface area contributed by atoms with Crippen LogP contribution in [0.1, 0.15) is 29.8 Å². The van der Waals surface area contributed by atoms with E-state index in [9.17, 15) is 0 Å². The van der Waals surface area contributed by atoms with Crippen molar-refractivity contribution in [2.45, 2.75) is 19.9 Å². The van der Waals surface area contributed by atoms with Gasteiger partial charge in [-0.2, -0.15) is 5.10 Å². The molecule has 202 valence electrons. The number of anilines is 2. The fourth-order valence-electron chi connectivity index (χ4n) is 5.48. The highest BCUT2D eigenvalue weighted by Gasteiger charge is 2.42. The number of benzene rings is 4. The molecule has 0 spiro atoms. The summed E-state index contributed by atoms with van der Waals surface area (Å²) in [6, 6.07) is 31.8. The van der Waals surface area contributed by atoms with E-state index in [1.165, 1.54) is 6.07 Å². The number of nitrogens with zero attached hydrogens (tertiary/aromatic N) is 5. The van der Waals surface area contributed by atoms with Crippen LogP contribution in [0.15, 0.2) is 113 Å². The maximum absolute atomic E-state index is 15.7. The van der Waals surface area contributed by atoms with Gasteiger partial charge in [-0.3, -0.25) is 0 Å². The largest absolute Gasteiger partial charge is 0.494 e. The number of aliphatic imine (C=N–C) groups is 2. The Kier molecular flexibility index (Phi) is 6.08. The summed E-state index contributed by atoms with van der Waals surface area (Å²) in [6.07, 6.45) is 0. The van der Waals surface area contributed by atoms with Crippen molar-refractivity contribution in [1.29, 1.82) is 0 Å². The van der Waals surface area contributed by atoms with Gasteiger partial charge in [0.05, 0.1) is 35.4 Å². The second-order valence-corrected chi connectivity index (χ2v) is 9.83. The van der Waals surface area contributed by atoms with Gasteiger partial charge in [0.15, 0.2) is 17.5 Å². The lowest BCUT2D eigenvalue weighted by Crippen LogP contribution is -2.46. The standard InChI is InChI=1S/C33H27FN6O/c1-3-41-24-19-17-22(18-20-24)35-31-33-37-32-29(21(2)38-40(32)23-11-5-4-6-12-23)30(25-13-7-8-14-26(25)34)39(33)28-16-10-9-15-27(28)36-31/h4-20,30H,3H2,1-2H3,(H,35,36)/t30-/m1/s1. The first-order valence-corrected chi connectivity index (χ1v) is 13.6. The van der Waals surface area contributed by atoms with Gasteiger partial charge in [0.25, 0.3) is 0 Å². The third-order valence-corrected chi connectivity index (χ3v) is 7.27. The van der Waals surface area contributed by atoms with Crippen LogP contribution in [0.4, 0.5) is 27.3 Å². The molecule has 41 heavy (non-hydrogen) atoms. The number of para-hydroxylation sites is 3. The highest BCUT2D eigenvalue weighted by molar-refractivity contribution is 6.51. The Morgan fingerprint density at radius 2 is 1.59 bits per heavy atom. The van der Waals surface area contributed by atoms with Gasteiger partial charge < -0.3 is 15.0 Å². The third-order valence-electron chi connectivity index (χ3n) is 7.27. The molecule has 0 saturated carbocycles. The van der Waals surface area contributed by atoms with Gasteiger partial charge in [0.2, 0.25) is 0 Å². The minimum absolute atomic E-state index is 0.294. The zero-order valence-corrected chi connectivity index (χ0v) is 22.6. The Balaban J connectivity index is 1.46. The average Bonchev–Trinajstić information content (AvgIpc) is 3.34. The van der Waals surface area contributed by atoms with Gasteiger partial charge >= 0.3 is 0 Å². The van der Waals surface area contributed by atoms with Crippen LogP contribution >= 0.6 is 0 Å². The zero-order chi connectivity index (χ0) is 27.9. The van der Waals surface area contributed by atoms with Crippen LogP contribution in [-0.4, -0.2) is 28.1 Å². The van der Waals surface area contributed by atoms with Crippen LogP contribution in [0.5, 0.6) is 5.75 Å². The first kappa shape index (κ1) is 24.8. The first-order chi connectivity index (χ1) is 20.1. The van der Waals surface area contributed by atoms with Crippen molar-refractivity contribution >= 4 is 34.6 Å². The minimum atomic E-state index is -0.523. The molecule has 0 radical (unpaired) electrons. The van der Waals surface area contributed by atoms with Crippen LogP contribution in [-0.2, 0) is 0 Å². The van der Waals surface area contributed by atoms with Gasteiger partial charge in [0, 0.05) is 16.8 Å². The van der Waals surface area contributed by atoms with E-state index in [0.717, 1.165) is 39.8 Å². The molecule has 0 amide bonds. The highest BCUT2D eigenvalue weighted by atomic mass is 19.1. The van der Waals surface area contributed by atoms with Crippen molar-refractivity contribution in [2.75, 3.05) is 16.8 Å². The predicted molar refractivity (Wildman–Crippen MR) is 161 cm³/mol. The number of rotatable bonds is 5. The van der Waals surface area contributed by atoms with Crippen LogP contribution < -0.4 is 15.0 Å². The number of ether oxygens (including phenoxy) is 1. The second kappa shape index (κ2) is 10.1. The maximum Gasteiger partial charge on any atom is 0.179 e. The molecule has 7 nitrogen and oxygen atoms in total. The zero-order valence-electron chi connectivity index (χ0n) is 22.6. The molecule has 2 aliphatic heterocycles. The van der Waals surface area contributed by atoms with E-state index in [0.29, 0.717) is 29.7 Å². The monoisotopic (exact) mass is 542 g/mol. The molecule has 0 fully saturated rings. The van der Waals surface area contributed by atoms with E-state index in [1.54, 1.807) is 6.07 Å². The van der Waals surface area contributed by atoms with Crippen molar-refractivity contribution in [2.24, 2.45) is 9.98 Å². The fraction of sp³-hybridized carbons (Fsp3) is 0.121. The number of fused-ring (bicyclic) bond motifs is 4. The predicted octanol–water partition coefficient (Wildman–Crippen LogP) is 7.51. The average molecular weight is 543 g/mol. The molecule has 8 heteroatoms. The third kappa shape index (κ3) is 4.24. The quantitative estimate of drug-likeness (QED) is 0.250. The molecule has 0 aliphatic carbocycles. The summed E-state index contributed by atoms with van der Waals surface area (Å²) in [5.74, 6) is 2.28. The number of halogens is 1. The molecular formula is C33H27FN6O. The van der Waals surface area contributed by atoms with Gasteiger partial charge in [-0.15, -0.1) is 0 Å². The Bertz CT molecular complexity index is 1810. The van der Waals surface area contributed by atoms with Gasteiger partial charge in [-0.1, -0.05) is 48.5 Å². The number of hydrogen-bond acceptors (Lipinski definition) is 6. The van der Waals surface area contributed by atoms with Crippen molar-refractivity contribution in [3.8, 4) is 11.4 Å². The lowest BCUT2D eigenvalue weighted by Gasteiger charge is -2.40.